The molecule has 1 atom stereocenters. The molecule has 6 heteroatoms. The van der Waals surface area contributed by atoms with Crippen LogP contribution in [0.2, 0.25) is 0 Å². The molecule has 0 aliphatic rings. The molecule has 1 unspecified atom stereocenters. The summed E-state index contributed by atoms with van der Waals surface area (Å²) in [4.78, 5) is 10.6. The minimum atomic E-state index is -1.98. The van der Waals surface area contributed by atoms with Gasteiger partial charge in [-0.25, -0.2) is 0 Å². The zero-order valence-corrected chi connectivity index (χ0v) is 8.10. The summed E-state index contributed by atoms with van der Waals surface area (Å²) in [7, 11) is 0. The second kappa shape index (κ2) is 5.92. The summed E-state index contributed by atoms with van der Waals surface area (Å²) in [5.74, 6) is -3.95. The van der Waals surface area contributed by atoms with Crippen LogP contribution in [0.1, 0.15) is 13.3 Å². The standard InChI is InChI=1S/C8H17NO5/c1-8(13,14)4-6(7(11)12)5-9-2-3-10/h6,9-10,13-14H,2-5H2,1H3,(H,11,12). The van der Waals surface area contributed by atoms with Gasteiger partial charge < -0.3 is 25.7 Å². The number of rotatable bonds is 7. The maximum Gasteiger partial charge on any atom is 0.307 e. The van der Waals surface area contributed by atoms with Crippen molar-refractivity contribution in [1.82, 2.24) is 5.32 Å². The van der Waals surface area contributed by atoms with Crippen LogP contribution >= 0.6 is 0 Å². The summed E-state index contributed by atoms with van der Waals surface area (Å²) in [6, 6.07) is 0. The van der Waals surface area contributed by atoms with Crippen LogP contribution in [0.15, 0.2) is 0 Å². The van der Waals surface area contributed by atoms with Gasteiger partial charge in [-0.1, -0.05) is 0 Å². The topological polar surface area (TPSA) is 110 Å². The minimum absolute atomic E-state index is 0.0815. The summed E-state index contributed by atoms with van der Waals surface area (Å²) in [5, 5.41) is 37.9. The van der Waals surface area contributed by atoms with Crippen LogP contribution in [0, 0.1) is 5.92 Å². The van der Waals surface area contributed by atoms with Gasteiger partial charge in [-0.2, -0.15) is 0 Å². The molecule has 0 aromatic rings. The van der Waals surface area contributed by atoms with Gasteiger partial charge in [0.2, 0.25) is 0 Å². The highest BCUT2D eigenvalue weighted by molar-refractivity contribution is 5.70. The molecule has 0 saturated heterocycles. The number of aliphatic carboxylic acids is 1. The minimum Gasteiger partial charge on any atom is -0.481 e. The number of hydrogen-bond acceptors (Lipinski definition) is 5. The van der Waals surface area contributed by atoms with Crippen LogP contribution in [0.25, 0.3) is 0 Å². The van der Waals surface area contributed by atoms with Gasteiger partial charge in [-0.3, -0.25) is 4.79 Å². The van der Waals surface area contributed by atoms with Crippen molar-refractivity contribution in [2.75, 3.05) is 19.7 Å². The first-order valence-corrected chi connectivity index (χ1v) is 4.36. The lowest BCUT2D eigenvalue weighted by molar-refractivity contribution is -0.170. The van der Waals surface area contributed by atoms with Crippen molar-refractivity contribution in [2.24, 2.45) is 5.92 Å². The summed E-state index contributed by atoms with van der Waals surface area (Å²) < 4.78 is 0. The fraction of sp³-hybridized carbons (Fsp3) is 0.875. The fourth-order valence-electron chi connectivity index (χ4n) is 1.07. The number of nitrogens with one attached hydrogen (secondary N) is 1. The Morgan fingerprint density at radius 1 is 1.50 bits per heavy atom. The molecule has 6 nitrogen and oxygen atoms in total. The van der Waals surface area contributed by atoms with Crippen LogP contribution in [0.4, 0.5) is 0 Å². The molecular formula is C8H17NO5. The lowest BCUT2D eigenvalue weighted by atomic mass is 10.0. The Morgan fingerprint density at radius 2 is 2.07 bits per heavy atom. The summed E-state index contributed by atoms with van der Waals surface area (Å²) in [6.07, 6.45) is -0.249. The Balaban J connectivity index is 3.97. The molecule has 0 rings (SSSR count). The molecule has 0 saturated carbocycles. The van der Waals surface area contributed by atoms with Crippen LogP contribution in [-0.2, 0) is 4.79 Å². The van der Waals surface area contributed by atoms with Crippen molar-refractivity contribution >= 4 is 5.97 Å². The van der Waals surface area contributed by atoms with E-state index >= 15 is 0 Å². The Labute approximate surface area is 82.2 Å². The van der Waals surface area contributed by atoms with Crippen molar-refractivity contribution in [1.29, 1.82) is 0 Å². The molecule has 84 valence electrons. The van der Waals surface area contributed by atoms with E-state index in [-0.39, 0.29) is 26.1 Å². The molecule has 0 aliphatic carbocycles. The lowest BCUT2D eigenvalue weighted by Gasteiger charge is -2.21. The van der Waals surface area contributed by atoms with E-state index in [9.17, 15) is 4.79 Å². The molecule has 0 fully saturated rings. The maximum absolute atomic E-state index is 10.6. The Bertz CT molecular complexity index is 177. The summed E-state index contributed by atoms with van der Waals surface area (Å²) >= 11 is 0. The zero-order chi connectivity index (χ0) is 11.2. The maximum atomic E-state index is 10.6. The third kappa shape index (κ3) is 6.79. The van der Waals surface area contributed by atoms with Gasteiger partial charge in [-0.15, -0.1) is 0 Å². The SMILES string of the molecule is CC(O)(O)CC(CNCCO)C(=O)O. The van der Waals surface area contributed by atoms with Gasteiger partial charge in [0.1, 0.15) is 0 Å². The third-order valence-corrected chi connectivity index (χ3v) is 1.66. The highest BCUT2D eigenvalue weighted by Gasteiger charge is 2.26. The Kier molecular flexibility index (Phi) is 5.63. The monoisotopic (exact) mass is 207 g/mol. The molecule has 0 spiro atoms. The van der Waals surface area contributed by atoms with Crippen molar-refractivity contribution in [2.45, 2.75) is 19.1 Å². The Morgan fingerprint density at radius 3 is 2.43 bits per heavy atom. The molecule has 0 heterocycles. The molecule has 0 aliphatic heterocycles. The normalized spacial score (nSPS) is 14.0. The number of carboxylic acids is 1. The number of aliphatic hydroxyl groups excluding tert-OH is 1. The molecule has 0 radical (unpaired) electrons. The number of carboxylic acid groups (broad SMARTS) is 1. The third-order valence-electron chi connectivity index (χ3n) is 1.66. The number of carbonyl (C=O) groups is 1. The molecule has 0 amide bonds. The van der Waals surface area contributed by atoms with Crippen molar-refractivity contribution in [3.63, 3.8) is 0 Å². The summed E-state index contributed by atoms with van der Waals surface area (Å²) in [5.41, 5.74) is 0. The predicted octanol–water partition coefficient (Wildman–Crippen LogP) is -1.64. The largest absolute Gasteiger partial charge is 0.481 e. The molecular weight excluding hydrogens is 190 g/mol. The first-order chi connectivity index (χ1) is 6.37. The predicted molar refractivity (Wildman–Crippen MR) is 48.5 cm³/mol. The number of hydrogen-bond donors (Lipinski definition) is 5. The van der Waals surface area contributed by atoms with Crippen molar-refractivity contribution in [3.8, 4) is 0 Å². The van der Waals surface area contributed by atoms with E-state index < -0.39 is 17.7 Å². The summed E-state index contributed by atoms with van der Waals surface area (Å²) in [6.45, 7) is 1.45. The second-order valence-corrected chi connectivity index (χ2v) is 3.38. The van der Waals surface area contributed by atoms with Gasteiger partial charge in [0.15, 0.2) is 5.79 Å². The second-order valence-electron chi connectivity index (χ2n) is 3.38. The zero-order valence-electron chi connectivity index (χ0n) is 8.10. The van der Waals surface area contributed by atoms with Crippen LogP contribution in [0.5, 0.6) is 0 Å². The number of aliphatic hydroxyl groups is 3. The van der Waals surface area contributed by atoms with E-state index in [2.05, 4.69) is 5.32 Å². The molecule has 0 bridgehead atoms. The van der Waals surface area contributed by atoms with E-state index in [4.69, 9.17) is 20.4 Å². The molecule has 0 aromatic carbocycles. The highest BCUT2D eigenvalue weighted by atomic mass is 16.5. The first kappa shape index (κ1) is 13.3. The average Bonchev–Trinajstić information content (AvgIpc) is 2.00. The first-order valence-electron chi connectivity index (χ1n) is 4.36. The van der Waals surface area contributed by atoms with E-state index in [1.165, 1.54) is 0 Å². The molecule has 14 heavy (non-hydrogen) atoms. The smallest absolute Gasteiger partial charge is 0.307 e. The van der Waals surface area contributed by atoms with E-state index in [0.717, 1.165) is 6.92 Å². The van der Waals surface area contributed by atoms with E-state index in [1.807, 2.05) is 0 Å². The molecule has 0 aromatic heterocycles. The molecule has 5 N–H and O–H groups in total. The van der Waals surface area contributed by atoms with Gasteiger partial charge >= 0.3 is 5.97 Å². The lowest BCUT2D eigenvalue weighted by Crippen LogP contribution is -2.36. The van der Waals surface area contributed by atoms with Gasteiger partial charge in [-0.05, 0) is 6.92 Å². The quantitative estimate of drug-likeness (QED) is 0.253. The average molecular weight is 207 g/mol. The van der Waals surface area contributed by atoms with Crippen molar-refractivity contribution in [3.05, 3.63) is 0 Å². The van der Waals surface area contributed by atoms with Gasteiger partial charge in [0.05, 0.1) is 12.5 Å². The van der Waals surface area contributed by atoms with Crippen LogP contribution in [0.3, 0.4) is 0 Å². The van der Waals surface area contributed by atoms with Crippen LogP contribution in [-0.4, -0.2) is 51.9 Å². The van der Waals surface area contributed by atoms with Gasteiger partial charge in [0, 0.05) is 19.5 Å². The van der Waals surface area contributed by atoms with E-state index in [0.29, 0.717) is 0 Å². The van der Waals surface area contributed by atoms with Crippen molar-refractivity contribution < 1.29 is 25.2 Å². The highest BCUT2D eigenvalue weighted by Crippen LogP contribution is 2.13. The van der Waals surface area contributed by atoms with Gasteiger partial charge in [0.25, 0.3) is 0 Å². The fourth-order valence-corrected chi connectivity index (χ4v) is 1.07. The van der Waals surface area contributed by atoms with E-state index in [1.54, 1.807) is 0 Å². The van der Waals surface area contributed by atoms with Crippen LogP contribution < -0.4 is 5.32 Å². The Hall–Kier alpha value is -0.690.